The van der Waals surface area contributed by atoms with E-state index in [1.807, 2.05) is 17.5 Å². The summed E-state index contributed by atoms with van der Waals surface area (Å²) in [5.41, 5.74) is 1.54. The molecule has 0 aliphatic heterocycles. The molecule has 0 atom stereocenters. The highest BCUT2D eigenvalue weighted by atomic mass is 35.5. The van der Waals surface area contributed by atoms with Crippen LogP contribution in [0, 0.1) is 6.92 Å². The van der Waals surface area contributed by atoms with Crippen molar-refractivity contribution < 1.29 is 13.9 Å². The molecule has 4 aromatic rings. The number of hydrogen-bond acceptors (Lipinski definition) is 5. The Bertz CT molecular complexity index is 1260. The summed E-state index contributed by atoms with van der Waals surface area (Å²) in [5, 5.41) is 5.90. The van der Waals surface area contributed by atoms with Gasteiger partial charge in [-0.15, -0.1) is 11.3 Å². The maximum atomic E-state index is 13.0. The smallest absolute Gasteiger partial charge is 0.257 e. The van der Waals surface area contributed by atoms with Gasteiger partial charge in [0.25, 0.3) is 5.91 Å². The van der Waals surface area contributed by atoms with Crippen LogP contribution in [0.1, 0.15) is 10.6 Å². The van der Waals surface area contributed by atoms with Gasteiger partial charge in [0.15, 0.2) is 6.61 Å². The molecule has 5 nitrogen and oxygen atoms in total. The van der Waals surface area contributed by atoms with Gasteiger partial charge in [-0.1, -0.05) is 29.8 Å². The third kappa shape index (κ3) is 4.98. The summed E-state index contributed by atoms with van der Waals surface area (Å²) in [6.45, 7) is 2.20. The lowest BCUT2D eigenvalue weighted by Crippen LogP contribution is -2.30. The Morgan fingerprint density at radius 1 is 1.16 bits per heavy atom. The molecule has 2 aromatic carbocycles. The molecule has 0 spiro atoms. The molecular weight excluding hydrogens is 434 g/mol. The standard InChI is InChI=1S/C24H20ClNO4S/c1-15-23(16-4-6-17(25)7-5-16)24(28)20-9-8-18(13-21(20)30-15)29-14-22(27)26-11-10-19-3-2-12-31-19/h2-9,12-13H,10-11,14H2,1H3,(H,26,27). The molecule has 0 fully saturated rings. The summed E-state index contributed by atoms with van der Waals surface area (Å²) in [6.07, 6.45) is 0.791. The van der Waals surface area contributed by atoms with Crippen LogP contribution in [0.2, 0.25) is 5.02 Å². The summed E-state index contributed by atoms with van der Waals surface area (Å²) >= 11 is 7.61. The first-order valence-electron chi connectivity index (χ1n) is 9.76. The first kappa shape index (κ1) is 21.2. The molecule has 0 saturated heterocycles. The molecule has 0 unspecified atom stereocenters. The molecule has 0 radical (unpaired) electrons. The lowest BCUT2D eigenvalue weighted by Gasteiger charge is -2.10. The molecule has 31 heavy (non-hydrogen) atoms. The first-order valence-corrected chi connectivity index (χ1v) is 11.0. The fourth-order valence-electron chi connectivity index (χ4n) is 3.31. The Morgan fingerprint density at radius 2 is 1.97 bits per heavy atom. The van der Waals surface area contributed by atoms with Crippen molar-refractivity contribution in [3.63, 3.8) is 0 Å². The number of hydrogen-bond donors (Lipinski definition) is 1. The number of fused-ring (bicyclic) bond motifs is 1. The second-order valence-electron chi connectivity index (χ2n) is 7.00. The highest BCUT2D eigenvalue weighted by Gasteiger charge is 2.14. The van der Waals surface area contributed by atoms with E-state index in [0.29, 0.717) is 39.6 Å². The van der Waals surface area contributed by atoms with Crippen LogP contribution >= 0.6 is 22.9 Å². The third-order valence-electron chi connectivity index (χ3n) is 4.82. The molecule has 0 aliphatic rings. The Labute approximate surface area is 188 Å². The van der Waals surface area contributed by atoms with Gasteiger partial charge in [0.2, 0.25) is 5.43 Å². The van der Waals surface area contributed by atoms with Crippen LogP contribution < -0.4 is 15.5 Å². The molecule has 1 N–H and O–H groups in total. The zero-order chi connectivity index (χ0) is 21.8. The quantitative estimate of drug-likeness (QED) is 0.416. The van der Waals surface area contributed by atoms with Gasteiger partial charge in [-0.25, -0.2) is 0 Å². The van der Waals surface area contributed by atoms with Crippen LogP contribution in [-0.2, 0) is 11.2 Å². The van der Waals surface area contributed by atoms with Crippen molar-refractivity contribution in [1.29, 1.82) is 0 Å². The van der Waals surface area contributed by atoms with Crippen LogP contribution in [0.4, 0.5) is 0 Å². The summed E-state index contributed by atoms with van der Waals surface area (Å²) in [5.74, 6) is 0.762. The van der Waals surface area contributed by atoms with Crippen molar-refractivity contribution in [2.45, 2.75) is 13.3 Å². The van der Waals surface area contributed by atoms with Crippen LogP contribution in [-0.4, -0.2) is 19.1 Å². The number of ether oxygens (including phenoxy) is 1. The van der Waals surface area contributed by atoms with Crippen molar-refractivity contribution in [2.24, 2.45) is 0 Å². The van der Waals surface area contributed by atoms with E-state index >= 15 is 0 Å². The number of nitrogens with one attached hydrogen (secondary N) is 1. The number of thiophene rings is 1. The lowest BCUT2D eigenvalue weighted by molar-refractivity contribution is -0.123. The topological polar surface area (TPSA) is 68.5 Å². The minimum Gasteiger partial charge on any atom is -0.484 e. The number of carbonyl (C=O) groups is 1. The van der Waals surface area contributed by atoms with Crippen molar-refractivity contribution >= 4 is 39.8 Å². The van der Waals surface area contributed by atoms with Gasteiger partial charge in [0.1, 0.15) is 17.1 Å². The highest BCUT2D eigenvalue weighted by molar-refractivity contribution is 7.09. The molecule has 2 heterocycles. The predicted octanol–water partition coefficient (Wildman–Crippen LogP) is 5.22. The van der Waals surface area contributed by atoms with Gasteiger partial charge in [0.05, 0.1) is 10.9 Å². The predicted molar refractivity (Wildman–Crippen MR) is 124 cm³/mol. The number of benzene rings is 2. The van der Waals surface area contributed by atoms with E-state index in [9.17, 15) is 9.59 Å². The van der Waals surface area contributed by atoms with Crippen LogP contribution in [0.3, 0.4) is 0 Å². The summed E-state index contributed by atoms with van der Waals surface area (Å²) in [4.78, 5) is 26.3. The molecular formula is C24H20ClNO4S. The summed E-state index contributed by atoms with van der Waals surface area (Å²) in [7, 11) is 0. The van der Waals surface area contributed by atoms with Gasteiger partial charge >= 0.3 is 0 Å². The number of aryl methyl sites for hydroxylation is 1. The maximum Gasteiger partial charge on any atom is 0.257 e. The van der Waals surface area contributed by atoms with E-state index in [2.05, 4.69) is 5.32 Å². The van der Waals surface area contributed by atoms with E-state index in [1.54, 1.807) is 60.7 Å². The van der Waals surface area contributed by atoms with E-state index in [0.717, 1.165) is 12.0 Å². The van der Waals surface area contributed by atoms with Crippen molar-refractivity contribution in [1.82, 2.24) is 5.32 Å². The Balaban J connectivity index is 1.45. The first-order chi connectivity index (χ1) is 15.0. The average molecular weight is 454 g/mol. The zero-order valence-corrected chi connectivity index (χ0v) is 18.4. The molecule has 2 aromatic heterocycles. The molecule has 0 saturated carbocycles. The lowest BCUT2D eigenvalue weighted by atomic mass is 10.0. The number of amides is 1. The van der Waals surface area contributed by atoms with Gasteiger partial charge in [-0.3, -0.25) is 9.59 Å². The molecule has 7 heteroatoms. The maximum absolute atomic E-state index is 13.0. The third-order valence-corrected chi connectivity index (χ3v) is 6.00. The minimum atomic E-state index is -0.202. The molecule has 158 valence electrons. The normalized spacial score (nSPS) is 10.9. The fourth-order valence-corrected chi connectivity index (χ4v) is 4.14. The monoisotopic (exact) mass is 453 g/mol. The Hall–Kier alpha value is -3.09. The van der Waals surface area contributed by atoms with Gasteiger partial charge in [0, 0.05) is 22.5 Å². The van der Waals surface area contributed by atoms with E-state index in [4.69, 9.17) is 20.8 Å². The highest BCUT2D eigenvalue weighted by Crippen LogP contribution is 2.27. The largest absolute Gasteiger partial charge is 0.484 e. The van der Waals surface area contributed by atoms with Gasteiger partial charge in [-0.05, 0) is 54.6 Å². The minimum absolute atomic E-state index is 0.109. The van der Waals surface area contributed by atoms with Crippen molar-refractivity contribution in [3.05, 3.63) is 85.9 Å². The Morgan fingerprint density at radius 3 is 2.71 bits per heavy atom. The second-order valence-corrected chi connectivity index (χ2v) is 8.46. The van der Waals surface area contributed by atoms with Crippen molar-refractivity contribution in [2.75, 3.05) is 13.2 Å². The molecule has 0 aliphatic carbocycles. The van der Waals surface area contributed by atoms with E-state index in [1.165, 1.54) is 4.88 Å². The average Bonchev–Trinajstić information content (AvgIpc) is 3.27. The SMILES string of the molecule is Cc1oc2cc(OCC(=O)NCCc3cccs3)ccc2c(=O)c1-c1ccc(Cl)cc1. The van der Waals surface area contributed by atoms with E-state index < -0.39 is 0 Å². The van der Waals surface area contributed by atoms with Crippen LogP contribution in [0.5, 0.6) is 5.75 Å². The molecule has 1 amide bonds. The molecule has 0 bridgehead atoms. The fraction of sp³-hybridized carbons (Fsp3) is 0.167. The summed E-state index contributed by atoms with van der Waals surface area (Å²) < 4.78 is 11.5. The van der Waals surface area contributed by atoms with Crippen molar-refractivity contribution in [3.8, 4) is 16.9 Å². The summed E-state index contributed by atoms with van der Waals surface area (Å²) in [6, 6.07) is 16.0. The van der Waals surface area contributed by atoms with Gasteiger partial charge < -0.3 is 14.5 Å². The van der Waals surface area contributed by atoms with Crippen LogP contribution in [0.25, 0.3) is 22.1 Å². The number of rotatable bonds is 7. The van der Waals surface area contributed by atoms with Crippen LogP contribution in [0.15, 0.2) is 69.2 Å². The van der Waals surface area contributed by atoms with E-state index in [-0.39, 0.29) is 17.9 Å². The number of carbonyl (C=O) groups excluding carboxylic acids is 1. The zero-order valence-electron chi connectivity index (χ0n) is 16.8. The second kappa shape index (κ2) is 9.37. The van der Waals surface area contributed by atoms with Gasteiger partial charge in [-0.2, -0.15) is 0 Å². The molecule has 4 rings (SSSR count). The number of halogens is 1. The Kier molecular flexibility index (Phi) is 6.39.